The molecular formula is C2H5KNO3P. The third-order valence-corrected chi connectivity index (χ3v) is 0.201. The number of carboxylic acid groups (broad SMARTS) is 1. The van der Waals surface area contributed by atoms with Crippen LogP contribution in [0.25, 0.3) is 0 Å². The van der Waals surface area contributed by atoms with Crippen molar-refractivity contribution in [3.05, 3.63) is 0 Å². The van der Waals surface area contributed by atoms with Crippen LogP contribution in [0.5, 0.6) is 0 Å². The van der Waals surface area contributed by atoms with E-state index in [0.29, 0.717) is 0 Å². The number of hydrogen-bond acceptors (Lipinski definition) is 3. The van der Waals surface area contributed by atoms with Crippen LogP contribution < -0.4 is 62.2 Å². The van der Waals surface area contributed by atoms with Crippen LogP contribution >= 0.6 is 9.90 Å². The zero-order chi connectivity index (χ0) is 5.15. The predicted octanol–water partition coefficient (Wildman–Crippen LogP) is -5.72. The molecule has 0 aliphatic rings. The number of carboxylic acids is 1. The molecule has 42 valence electrons. The van der Waals surface area contributed by atoms with Gasteiger partial charge in [0.15, 0.2) is 0 Å². The summed E-state index contributed by atoms with van der Waals surface area (Å²) in [4.78, 5) is 18.4. The summed E-state index contributed by atoms with van der Waals surface area (Å²) in [7, 11) is 0. The molecule has 0 radical (unpaired) electrons. The van der Waals surface area contributed by atoms with E-state index in [2.05, 4.69) is 5.73 Å². The molecule has 8 heavy (non-hydrogen) atoms. The zero-order valence-corrected chi connectivity index (χ0v) is 9.05. The van der Waals surface area contributed by atoms with Gasteiger partial charge in [-0.25, -0.2) is 0 Å². The van der Waals surface area contributed by atoms with Crippen LogP contribution in [0.4, 0.5) is 0 Å². The molecule has 1 unspecified atom stereocenters. The number of amides is 1. The Bertz CT molecular complexity index is 83.3. The van der Waals surface area contributed by atoms with Crippen LogP contribution in [-0.4, -0.2) is 11.9 Å². The summed E-state index contributed by atoms with van der Waals surface area (Å²) in [6.45, 7) is 0. The van der Waals surface area contributed by atoms with Gasteiger partial charge in [-0.15, -0.1) is 0 Å². The van der Waals surface area contributed by atoms with E-state index >= 15 is 0 Å². The van der Waals surface area contributed by atoms with Crippen LogP contribution in [0.1, 0.15) is 0 Å². The molecule has 0 saturated carbocycles. The summed E-state index contributed by atoms with van der Waals surface area (Å²) >= 11 is 0. The molecule has 0 aliphatic carbocycles. The minimum Gasteiger partial charge on any atom is -0.540 e. The fraction of sp³-hybridized carbons (Fsp3) is 0. The zero-order valence-electron chi connectivity index (χ0n) is 4.51. The van der Waals surface area contributed by atoms with Crippen LogP contribution in [0, 0.1) is 0 Å². The maximum Gasteiger partial charge on any atom is 1.00 e. The molecule has 0 bridgehead atoms. The Morgan fingerprint density at radius 1 is 1.38 bits per heavy atom. The van der Waals surface area contributed by atoms with E-state index in [1.807, 2.05) is 0 Å². The van der Waals surface area contributed by atoms with Crippen LogP contribution in [-0.2, 0) is 9.59 Å². The Labute approximate surface area is 92.2 Å². The maximum absolute atomic E-state index is 9.26. The Morgan fingerprint density at radius 3 is 1.50 bits per heavy atom. The summed E-state index contributed by atoms with van der Waals surface area (Å²) in [6.07, 6.45) is 0. The van der Waals surface area contributed by atoms with Crippen molar-refractivity contribution in [2.75, 3.05) is 0 Å². The molecule has 0 heterocycles. The van der Waals surface area contributed by atoms with Gasteiger partial charge in [0, 0.05) is 0 Å². The van der Waals surface area contributed by atoms with Crippen molar-refractivity contribution in [2.24, 2.45) is 5.73 Å². The van der Waals surface area contributed by atoms with Gasteiger partial charge in [-0.05, 0) is 0 Å². The van der Waals surface area contributed by atoms with Crippen molar-refractivity contribution < 1.29 is 66.1 Å². The van der Waals surface area contributed by atoms with Crippen molar-refractivity contribution in [1.29, 1.82) is 0 Å². The number of carbonyl (C=O) groups is 2. The van der Waals surface area contributed by atoms with E-state index in [9.17, 15) is 4.79 Å². The molecule has 0 saturated heterocycles. The van der Waals surface area contributed by atoms with Crippen molar-refractivity contribution in [2.45, 2.75) is 0 Å². The molecule has 0 fully saturated rings. The van der Waals surface area contributed by atoms with E-state index in [1.165, 1.54) is 0 Å². The first-order chi connectivity index (χ1) is 2.64. The third kappa shape index (κ3) is 10.1. The fourth-order valence-electron chi connectivity index (χ4n) is 0. The minimum absolute atomic E-state index is 0. The van der Waals surface area contributed by atoms with E-state index in [1.54, 1.807) is 0 Å². The summed E-state index contributed by atoms with van der Waals surface area (Å²) in [5.41, 5.74) is 4.13. The van der Waals surface area contributed by atoms with Gasteiger partial charge in [0.05, 0.1) is 0 Å². The van der Waals surface area contributed by atoms with Crippen molar-refractivity contribution >= 4 is 21.8 Å². The number of carbonyl (C=O) groups excluding carboxylic acids is 2. The summed E-state index contributed by atoms with van der Waals surface area (Å²) in [5, 5.41) is 9.11. The number of primary amides is 1. The normalized spacial score (nSPS) is 5.50. The van der Waals surface area contributed by atoms with Gasteiger partial charge in [0.1, 0.15) is 5.97 Å². The van der Waals surface area contributed by atoms with Crippen molar-refractivity contribution in [1.82, 2.24) is 0 Å². The average molecular weight is 161 g/mol. The monoisotopic (exact) mass is 161 g/mol. The second kappa shape index (κ2) is 8.01. The third-order valence-electron chi connectivity index (χ3n) is 0.201. The summed E-state index contributed by atoms with van der Waals surface area (Å²) in [6, 6.07) is 0. The number of nitrogens with two attached hydrogens (primary N) is 1. The van der Waals surface area contributed by atoms with Gasteiger partial charge >= 0.3 is 51.4 Å². The van der Waals surface area contributed by atoms with Gasteiger partial charge in [-0.2, -0.15) is 9.90 Å². The molecule has 0 aromatic carbocycles. The Morgan fingerprint density at radius 2 is 1.50 bits per heavy atom. The molecule has 0 aromatic rings. The predicted molar refractivity (Wildman–Crippen MR) is 25.3 cm³/mol. The van der Waals surface area contributed by atoms with E-state index in [0.717, 1.165) is 0 Å². The average Bonchev–Trinajstić information content (AvgIpc) is 1.36. The molecule has 0 aromatic heterocycles. The molecule has 1 amide bonds. The van der Waals surface area contributed by atoms with E-state index in [4.69, 9.17) is 9.90 Å². The molecule has 1 atom stereocenters. The van der Waals surface area contributed by atoms with Gasteiger partial charge in [0.2, 0.25) is 0 Å². The molecular weight excluding hydrogens is 156 g/mol. The van der Waals surface area contributed by atoms with Crippen LogP contribution in [0.3, 0.4) is 0 Å². The van der Waals surface area contributed by atoms with Gasteiger partial charge in [-0.1, -0.05) is 0 Å². The Kier molecular flexibility index (Phi) is 16.0. The molecule has 0 spiro atoms. The quantitative estimate of drug-likeness (QED) is 0.218. The second-order valence-corrected chi connectivity index (χ2v) is 0.652. The summed E-state index contributed by atoms with van der Waals surface area (Å²) < 4.78 is 0. The molecule has 0 rings (SSSR count). The topological polar surface area (TPSA) is 83.2 Å². The van der Waals surface area contributed by atoms with Gasteiger partial charge < -0.3 is 15.6 Å². The minimum atomic E-state index is -1.85. The van der Waals surface area contributed by atoms with Gasteiger partial charge in [0.25, 0.3) is 5.91 Å². The van der Waals surface area contributed by atoms with Crippen LogP contribution in [0.15, 0.2) is 0 Å². The number of rotatable bonds is 0. The largest absolute Gasteiger partial charge is 1.00 e. The van der Waals surface area contributed by atoms with Crippen molar-refractivity contribution in [3.63, 3.8) is 0 Å². The first-order valence-corrected chi connectivity index (χ1v) is 1.15. The molecule has 4 nitrogen and oxygen atoms in total. The first-order valence-electron chi connectivity index (χ1n) is 1.15. The standard InChI is InChI=1S/C2H3NO3.K.H3P/c3-1(4)2(5)6;;/h(H2,3,4)(H,5,6);;1H3/q;+1;/p-1. The van der Waals surface area contributed by atoms with Gasteiger partial charge in [-0.3, -0.25) is 4.79 Å². The molecule has 2 N–H and O–H groups in total. The Hall–Kier alpha value is 1.01. The maximum atomic E-state index is 9.26. The number of hydrogen-bond donors (Lipinski definition) is 1. The van der Waals surface area contributed by atoms with Crippen LogP contribution in [0.2, 0.25) is 0 Å². The summed E-state index contributed by atoms with van der Waals surface area (Å²) in [5.74, 6) is -3.29. The SMILES string of the molecule is NC(=O)C(=O)[O-].P.[K+]. The molecule has 6 heteroatoms. The first kappa shape index (κ1) is 16.0. The second-order valence-electron chi connectivity index (χ2n) is 0.652. The van der Waals surface area contributed by atoms with Crippen molar-refractivity contribution in [3.8, 4) is 0 Å². The smallest absolute Gasteiger partial charge is 0.540 e. The number of aliphatic carboxylic acids is 1. The fourth-order valence-corrected chi connectivity index (χ4v) is 0. The molecule has 0 aliphatic heterocycles. The van der Waals surface area contributed by atoms with E-state index in [-0.39, 0.29) is 61.3 Å². The van der Waals surface area contributed by atoms with E-state index < -0.39 is 11.9 Å². The Balaban J connectivity index is -0.000000125.